The minimum atomic E-state index is -2.48. The Balaban J connectivity index is 1.98. The predicted octanol–water partition coefficient (Wildman–Crippen LogP) is 4.56. The van der Waals surface area contributed by atoms with Gasteiger partial charge in [-0.1, -0.05) is 17.8 Å². The Kier molecular flexibility index (Phi) is 7.64. The number of amides is 1. The molecule has 0 unspecified atom stereocenters. The summed E-state index contributed by atoms with van der Waals surface area (Å²) in [4.78, 5) is 12.4. The third kappa shape index (κ3) is 6.64. The maximum absolute atomic E-state index is 12.3. The molecule has 2 rings (SSSR count). The van der Waals surface area contributed by atoms with Gasteiger partial charge in [0.2, 0.25) is 5.91 Å². The fourth-order valence-electron chi connectivity index (χ4n) is 2.09. The summed E-state index contributed by atoms with van der Waals surface area (Å²) in [5, 5.41) is 11.2. The van der Waals surface area contributed by atoms with Crippen molar-refractivity contribution in [3.05, 3.63) is 54.1 Å². The number of methoxy groups -OCH3 is 1. The van der Waals surface area contributed by atoms with Crippen molar-refractivity contribution in [2.75, 3.05) is 19.0 Å². The van der Waals surface area contributed by atoms with Crippen molar-refractivity contribution >= 4 is 29.4 Å². The van der Waals surface area contributed by atoms with Crippen molar-refractivity contribution < 1.29 is 23.0 Å². The maximum atomic E-state index is 12.3. The summed E-state index contributed by atoms with van der Waals surface area (Å²) >= 11 is 0.443. The number of thioether (sulfide) groups is 1. The lowest BCUT2D eigenvalue weighted by Crippen LogP contribution is -2.07. The highest BCUT2D eigenvalue weighted by Crippen LogP contribution is 2.28. The molecule has 0 spiro atoms. The Morgan fingerprint density at radius 1 is 1.26 bits per heavy atom. The molecular weight excluding hydrogens is 374 g/mol. The number of hydrogen-bond donors (Lipinski definition) is 1. The Hall–Kier alpha value is -3.05. The van der Waals surface area contributed by atoms with Gasteiger partial charge in [-0.05, 0) is 48.0 Å². The zero-order chi connectivity index (χ0) is 19.6. The molecular formula is C19H16F2N2O3S. The van der Waals surface area contributed by atoms with E-state index in [1.165, 1.54) is 25.3 Å². The molecule has 0 fully saturated rings. The zero-order valence-electron chi connectivity index (χ0n) is 14.3. The van der Waals surface area contributed by atoms with E-state index in [9.17, 15) is 13.6 Å². The molecule has 0 aliphatic rings. The first-order valence-electron chi connectivity index (χ1n) is 7.73. The molecule has 2 aromatic carbocycles. The second-order valence-corrected chi connectivity index (χ2v) is 6.15. The Bertz CT molecular complexity index is 849. The van der Waals surface area contributed by atoms with Crippen LogP contribution in [0.15, 0.2) is 53.4 Å². The molecule has 0 saturated carbocycles. The minimum Gasteiger partial charge on any atom is -0.493 e. The van der Waals surface area contributed by atoms with Crippen molar-refractivity contribution in [2.45, 2.75) is 10.7 Å². The molecule has 0 aliphatic heterocycles. The van der Waals surface area contributed by atoms with Crippen LogP contribution in [0.1, 0.15) is 5.56 Å². The van der Waals surface area contributed by atoms with Gasteiger partial charge in [0.1, 0.15) is 6.07 Å². The summed E-state index contributed by atoms with van der Waals surface area (Å²) in [5.41, 5.74) is 1.20. The summed E-state index contributed by atoms with van der Waals surface area (Å²) in [7, 11) is 1.48. The van der Waals surface area contributed by atoms with E-state index in [-0.39, 0.29) is 12.5 Å². The number of nitriles is 1. The molecule has 0 atom stereocenters. The van der Waals surface area contributed by atoms with Crippen molar-refractivity contribution in [3.63, 3.8) is 0 Å². The lowest BCUT2D eigenvalue weighted by molar-refractivity contribution is -0.111. The number of rotatable bonds is 8. The summed E-state index contributed by atoms with van der Waals surface area (Å²) < 4.78 is 35.0. The average molecular weight is 390 g/mol. The monoisotopic (exact) mass is 390 g/mol. The molecule has 5 nitrogen and oxygen atoms in total. The first kappa shape index (κ1) is 20.3. The number of ether oxygens (including phenoxy) is 2. The molecule has 0 saturated heterocycles. The molecule has 0 radical (unpaired) electrons. The van der Waals surface area contributed by atoms with Gasteiger partial charge in [-0.2, -0.15) is 14.0 Å². The number of nitrogens with zero attached hydrogens (tertiary/aromatic N) is 1. The van der Waals surface area contributed by atoms with Crippen molar-refractivity contribution in [1.29, 1.82) is 5.26 Å². The molecule has 1 amide bonds. The Labute approximate surface area is 159 Å². The van der Waals surface area contributed by atoms with Crippen LogP contribution < -0.4 is 14.8 Å². The van der Waals surface area contributed by atoms with Crippen LogP contribution in [0.2, 0.25) is 0 Å². The lowest BCUT2D eigenvalue weighted by Gasteiger charge is -2.08. The second kappa shape index (κ2) is 10.2. The van der Waals surface area contributed by atoms with Gasteiger partial charge in [-0.3, -0.25) is 4.79 Å². The maximum Gasteiger partial charge on any atom is 0.288 e. The van der Waals surface area contributed by atoms with Gasteiger partial charge >= 0.3 is 0 Å². The number of carbonyl (C=O) groups excluding carboxylic acids is 1. The van der Waals surface area contributed by atoms with Crippen molar-refractivity contribution in [1.82, 2.24) is 0 Å². The molecule has 0 aliphatic carbocycles. The topological polar surface area (TPSA) is 71.3 Å². The third-order valence-electron chi connectivity index (χ3n) is 3.25. The molecule has 0 heterocycles. The molecule has 27 heavy (non-hydrogen) atoms. The summed E-state index contributed by atoms with van der Waals surface area (Å²) in [6.07, 6.45) is 2.93. The Morgan fingerprint density at radius 2 is 2.00 bits per heavy atom. The van der Waals surface area contributed by atoms with Crippen LogP contribution in [-0.4, -0.2) is 25.4 Å². The van der Waals surface area contributed by atoms with Crippen LogP contribution in [0.3, 0.4) is 0 Å². The zero-order valence-corrected chi connectivity index (χ0v) is 15.1. The quantitative estimate of drug-likeness (QED) is 0.528. The predicted molar refractivity (Wildman–Crippen MR) is 100 cm³/mol. The van der Waals surface area contributed by atoms with Gasteiger partial charge in [0, 0.05) is 16.7 Å². The van der Waals surface area contributed by atoms with E-state index in [1.54, 1.807) is 36.4 Å². The first-order chi connectivity index (χ1) is 13.0. The van der Waals surface area contributed by atoms with Gasteiger partial charge in [0.15, 0.2) is 18.1 Å². The summed E-state index contributed by atoms with van der Waals surface area (Å²) in [5.74, 6) is -1.97. The fourth-order valence-corrected chi connectivity index (χ4v) is 2.59. The van der Waals surface area contributed by atoms with Crippen molar-refractivity contribution in [3.8, 4) is 17.6 Å². The van der Waals surface area contributed by atoms with Crippen LogP contribution in [0.25, 0.3) is 6.08 Å². The third-order valence-corrected chi connectivity index (χ3v) is 3.98. The lowest BCUT2D eigenvalue weighted by atomic mass is 10.2. The van der Waals surface area contributed by atoms with Gasteiger partial charge in [-0.15, -0.1) is 0 Å². The van der Waals surface area contributed by atoms with Gasteiger partial charge in [-0.25, -0.2) is 0 Å². The first-order valence-corrected chi connectivity index (χ1v) is 8.61. The summed E-state index contributed by atoms with van der Waals surface area (Å²) in [6.45, 7) is -0.0947. The normalized spacial score (nSPS) is 10.6. The van der Waals surface area contributed by atoms with E-state index in [0.29, 0.717) is 39.4 Å². The highest BCUT2D eigenvalue weighted by atomic mass is 32.2. The van der Waals surface area contributed by atoms with E-state index in [2.05, 4.69) is 5.32 Å². The highest BCUT2D eigenvalue weighted by molar-refractivity contribution is 7.99. The number of benzene rings is 2. The van der Waals surface area contributed by atoms with Crippen LogP contribution >= 0.6 is 11.8 Å². The molecule has 1 N–H and O–H groups in total. The van der Waals surface area contributed by atoms with Gasteiger partial charge in [0.05, 0.1) is 7.11 Å². The van der Waals surface area contributed by atoms with E-state index in [0.717, 1.165) is 0 Å². The number of anilines is 1. The van der Waals surface area contributed by atoms with Crippen LogP contribution in [0.5, 0.6) is 11.5 Å². The minimum absolute atomic E-state index is 0.0947. The largest absolute Gasteiger partial charge is 0.493 e. The number of halogens is 2. The number of nitrogens with one attached hydrogen (secondary N) is 1. The number of carbonyl (C=O) groups is 1. The molecule has 2 aromatic rings. The van der Waals surface area contributed by atoms with Crippen LogP contribution in [0.4, 0.5) is 14.5 Å². The standard InChI is InChI=1S/C19H16F2N2O3S/c1-25-17-12-13(2-8-16(17)26-11-10-22)3-9-18(24)23-14-4-6-15(7-5-14)27-19(20)21/h2-9,12,19H,11H2,1H3,(H,23,24). The SMILES string of the molecule is COc1cc(C=CC(=O)Nc2ccc(SC(F)F)cc2)ccc1OCC#N. The van der Waals surface area contributed by atoms with Crippen LogP contribution in [0, 0.1) is 11.3 Å². The van der Waals surface area contributed by atoms with E-state index < -0.39 is 5.76 Å². The Morgan fingerprint density at radius 3 is 2.63 bits per heavy atom. The molecule has 140 valence electrons. The van der Waals surface area contributed by atoms with Crippen molar-refractivity contribution in [2.24, 2.45) is 0 Å². The summed E-state index contributed by atoms with van der Waals surface area (Å²) in [6, 6.07) is 13.1. The smallest absolute Gasteiger partial charge is 0.288 e. The molecule has 8 heteroatoms. The van der Waals surface area contributed by atoms with Gasteiger partial charge in [0.25, 0.3) is 5.76 Å². The number of alkyl halides is 2. The van der Waals surface area contributed by atoms with E-state index >= 15 is 0 Å². The van der Waals surface area contributed by atoms with Crippen LogP contribution in [-0.2, 0) is 4.79 Å². The average Bonchev–Trinajstić information content (AvgIpc) is 2.66. The highest BCUT2D eigenvalue weighted by Gasteiger charge is 2.06. The molecule has 0 bridgehead atoms. The number of hydrogen-bond acceptors (Lipinski definition) is 5. The van der Waals surface area contributed by atoms with E-state index in [4.69, 9.17) is 14.7 Å². The second-order valence-electron chi connectivity index (χ2n) is 5.08. The fraction of sp³-hybridized carbons (Fsp3) is 0.158. The van der Waals surface area contributed by atoms with E-state index in [1.807, 2.05) is 6.07 Å². The molecule has 0 aromatic heterocycles. The van der Waals surface area contributed by atoms with Gasteiger partial charge < -0.3 is 14.8 Å².